The third-order valence-corrected chi connectivity index (χ3v) is 5.98. The normalized spacial score (nSPS) is 27.7. The van der Waals surface area contributed by atoms with Gasteiger partial charge in [-0.2, -0.15) is 5.10 Å². The van der Waals surface area contributed by atoms with E-state index in [1.807, 2.05) is 29.9 Å². The van der Waals surface area contributed by atoms with Crippen molar-refractivity contribution in [2.45, 2.75) is 63.1 Å². The van der Waals surface area contributed by atoms with Crippen LogP contribution in [0.2, 0.25) is 0 Å². The third-order valence-electron chi connectivity index (χ3n) is 5.98. The minimum absolute atomic E-state index is 0.122. The van der Waals surface area contributed by atoms with Crippen molar-refractivity contribution in [3.8, 4) is 5.69 Å². The summed E-state index contributed by atoms with van der Waals surface area (Å²) in [5.74, 6) is 2.06. The summed E-state index contributed by atoms with van der Waals surface area (Å²) < 4.78 is 1.93. The monoisotopic (exact) mass is 370 g/mol. The molecule has 1 aliphatic carbocycles. The zero-order valence-corrected chi connectivity index (χ0v) is 16.3. The number of likely N-dealkylation sites (tertiary alicyclic amines) is 1. The number of nitrogens with zero attached hydrogens (tertiary/aromatic N) is 5. The van der Waals surface area contributed by atoms with Crippen molar-refractivity contribution in [2.24, 2.45) is 0 Å². The standard InChI is InChI=1S/C20H30N6O/c1-14-22-20(26(24-14)17-4-3-9-21-13-17)15-5-6-19(27)18(12-15)23-16-7-10-25(2)11-8-16/h3-4,9,13,15-16,18-19,23,27H,5-8,10-12H2,1-2H3/t15-,18+,19+/m0/s1. The smallest absolute Gasteiger partial charge is 0.148 e. The molecule has 2 aromatic heterocycles. The summed E-state index contributed by atoms with van der Waals surface area (Å²) in [6, 6.07) is 4.55. The first kappa shape index (κ1) is 18.5. The van der Waals surface area contributed by atoms with Gasteiger partial charge in [-0.3, -0.25) is 4.98 Å². The lowest BCUT2D eigenvalue weighted by atomic mass is 9.82. The molecule has 1 saturated heterocycles. The van der Waals surface area contributed by atoms with Crippen molar-refractivity contribution in [3.63, 3.8) is 0 Å². The van der Waals surface area contributed by atoms with Gasteiger partial charge in [-0.05, 0) is 71.3 Å². The highest BCUT2D eigenvalue weighted by Gasteiger charge is 2.34. The molecule has 0 radical (unpaired) electrons. The molecule has 0 aromatic carbocycles. The van der Waals surface area contributed by atoms with Crippen LogP contribution < -0.4 is 5.32 Å². The molecule has 2 N–H and O–H groups in total. The molecular weight excluding hydrogens is 340 g/mol. The molecule has 27 heavy (non-hydrogen) atoms. The summed E-state index contributed by atoms with van der Waals surface area (Å²) in [6.45, 7) is 4.18. The molecule has 0 unspecified atom stereocenters. The van der Waals surface area contributed by atoms with Gasteiger partial charge in [-0.25, -0.2) is 9.67 Å². The Morgan fingerprint density at radius 3 is 2.74 bits per heavy atom. The number of aromatic nitrogens is 4. The maximum atomic E-state index is 10.6. The zero-order chi connectivity index (χ0) is 18.8. The fourth-order valence-corrected chi connectivity index (χ4v) is 4.41. The van der Waals surface area contributed by atoms with Crippen LogP contribution in [0.25, 0.3) is 5.69 Å². The average molecular weight is 371 g/mol. The van der Waals surface area contributed by atoms with Crippen LogP contribution in [0.1, 0.15) is 49.7 Å². The largest absolute Gasteiger partial charge is 0.392 e. The van der Waals surface area contributed by atoms with Crippen LogP contribution in [-0.2, 0) is 0 Å². The Morgan fingerprint density at radius 2 is 2.00 bits per heavy atom. The van der Waals surface area contributed by atoms with Crippen molar-refractivity contribution in [2.75, 3.05) is 20.1 Å². The number of aliphatic hydroxyl groups is 1. The van der Waals surface area contributed by atoms with E-state index in [0.717, 1.165) is 62.5 Å². The Bertz CT molecular complexity index is 740. The topological polar surface area (TPSA) is 79.1 Å². The predicted molar refractivity (Wildman–Crippen MR) is 104 cm³/mol. The van der Waals surface area contributed by atoms with Gasteiger partial charge in [0.15, 0.2) is 0 Å². The van der Waals surface area contributed by atoms with E-state index in [2.05, 4.69) is 27.3 Å². The molecule has 1 saturated carbocycles. The van der Waals surface area contributed by atoms with Gasteiger partial charge >= 0.3 is 0 Å². The van der Waals surface area contributed by atoms with Crippen molar-refractivity contribution in [3.05, 3.63) is 36.2 Å². The highest BCUT2D eigenvalue weighted by Crippen LogP contribution is 2.33. The second-order valence-corrected chi connectivity index (χ2v) is 8.07. The second-order valence-electron chi connectivity index (χ2n) is 8.07. The van der Waals surface area contributed by atoms with E-state index in [1.165, 1.54) is 0 Å². The summed E-state index contributed by atoms with van der Waals surface area (Å²) in [4.78, 5) is 11.3. The van der Waals surface area contributed by atoms with Gasteiger partial charge < -0.3 is 15.3 Å². The number of aliphatic hydroxyl groups excluding tert-OH is 1. The molecule has 146 valence electrons. The van der Waals surface area contributed by atoms with Crippen molar-refractivity contribution < 1.29 is 5.11 Å². The van der Waals surface area contributed by atoms with Gasteiger partial charge in [-0.15, -0.1) is 0 Å². The van der Waals surface area contributed by atoms with Gasteiger partial charge in [0.1, 0.15) is 11.6 Å². The predicted octanol–water partition coefficient (Wildman–Crippen LogP) is 1.65. The number of pyridine rings is 1. The van der Waals surface area contributed by atoms with Crippen LogP contribution in [-0.4, -0.2) is 68.1 Å². The van der Waals surface area contributed by atoms with Crippen molar-refractivity contribution >= 4 is 0 Å². The molecular formula is C20H30N6O. The molecule has 1 aliphatic heterocycles. The van der Waals surface area contributed by atoms with E-state index >= 15 is 0 Å². The molecule has 2 aliphatic rings. The van der Waals surface area contributed by atoms with Crippen LogP contribution in [0.4, 0.5) is 0 Å². The summed E-state index contributed by atoms with van der Waals surface area (Å²) in [5, 5.41) is 18.9. The Kier molecular flexibility index (Phi) is 5.52. The lowest BCUT2D eigenvalue weighted by molar-refractivity contribution is 0.0696. The highest BCUT2D eigenvalue weighted by atomic mass is 16.3. The number of aryl methyl sites for hydroxylation is 1. The number of nitrogens with one attached hydrogen (secondary N) is 1. The molecule has 3 atom stereocenters. The van der Waals surface area contributed by atoms with Crippen LogP contribution in [0.3, 0.4) is 0 Å². The lowest BCUT2D eigenvalue weighted by Crippen LogP contribution is -2.51. The minimum atomic E-state index is -0.281. The molecule has 7 heteroatoms. The van der Waals surface area contributed by atoms with Gasteiger partial charge in [0.25, 0.3) is 0 Å². The van der Waals surface area contributed by atoms with Crippen molar-refractivity contribution in [1.82, 2.24) is 30.0 Å². The SMILES string of the molecule is Cc1nc([C@H]2CC[C@@H](O)[C@H](NC3CCN(C)CC3)C2)n(-c2cccnc2)n1. The maximum absolute atomic E-state index is 10.6. The number of piperidine rings is 1. The molecule has 0 bridgehead atoms. The number of hydrogen-bond donors (Lipinski definition) is 2. The Labute approximate surface area is 160 Å². The minimum Gasteiger partial charge on any atom is -0.392 e. The maximum Gasteiger partial charge on any atom is 0.148 e. The summed E-state index contributed by atoms with van der Waals surface area (Å²) >= 11 is 0. The van der Waals surface area contributed by atoms with Crippen LogP contribution >= 0.6 is 0 Å². The van der Waals surface area contributed by atoms with E-state index in [4.69, 9.17) is 4.98 Å². The first-order valence-electron chi connectivity index (χ1n) is 10.1. The summed E-state index contributed by atoms with van der Waals surface area (Å²) in [6.07, 6.45) is 8.24. The van der Waals surface area contributed by atoms with E-state index in [1.54, 1.807) is 6.20 Å². The average Bonchev–Trinajstić information content (AvgIpc) is 3.08. The Morgan fingerprint density at radius 1 is 1.19 bits per heavy atom. The van der Waals surface area contributed by atoms with Crippen LogP contribution in [0.15, 0.2) is 24.5 Å². The first-order valence-corrected chi connectivity index (χ1v) is 10.1. The van der Waals surface area contributed by atoms with E-state index in [0.29, 0.717) is 12.0 Å². The molecule has 3 heterocycles. The Hall–Kier alpha value is -1.83. The molecule has 2 aromatic rings. The fourth-order valence-electron chi connectivity index (χ4n) is 4.41. The molecule has 0 amide bonds. The highest BCUT2D eigenvalue weighted by molar-refractivity contribution is 5.29. The van der Waals surface area contributed by atoms with Crippen molar-refractivity contribution in [1.29, 1.82) is 0 Å². The molecule has 4 rings (SSSR count). The van der Waals surface area contributed by atoms with E-state index in [-0.39, 0.29) is 12.1 Å². The quantitative estimate of drug-likeness (QED) is 0.852. The van der Waals surface area contributed by atoms with Gasteiger partial charge in [0, 0.05) is 24.2 Å². The first-order chi connectivity index (χ1) is 13.1. The van der Waals surface area contributed by atoms with Gasteiger partial charge in [0.2, 0.25) is 0 Å². The van der Waals surface area contributed by atoms with E-state index in [9.17, 15) is 5.11 Å². The second kappa shape index (κ2) is 8.04. The molecule has 7 nitrogen and oxygen atoms in total. The van der Waals surface area contributed by atoms with Crippen LogP contribution in [0.5, 0.6) is 0 Å². The third kappa shape index (κ3) is 4.20. The summed E-state index contributed by atoms with van der Waals surface area (Å²) in [5.41, 5.74) is 0.944. The van der Waals surface area contributed by atoms with Crippen LogP contribution in [0, 0.1) is 6.92 Å². The zero-order valence-electron chi connectivity index (χ0n) is 16.3. The van der Waals surface area contributed by atoms with E-state index < -0.39 is 0 Å². The summed E-state index contributed by atoms with van der Waals surface area (Å²) in [7, 11) is 2.18. The molecule has 0 spiro atoms. The molecule has 2 fully saturated rings. The lowest BCUT2D eigenvalue weighted by Gasteiger charge is -2.38. The number of rotatable bonds is 4. The fraction of sp³-hybridized carbons (Fsp3) is 0.650. The van der Waals surface area contributed by atoms with Gasteiger partial charge in [0.05, 0.1) is 18.0 Å². The Balaban J connectivity index is 1.50. The van der Waals surface area contributed by atoms with Gasteiger partial charge in [-0.1, -0.05) is 0 Å². The number of hydrogen-bond acceptors (Lipinski definition) is 6.